The Kier molecular flexibility index (Phi) is 2.59. The molecule has 0 fully saturated rings. The second-order valence-corrected chi connectivity index (χ2v) is 4.40. The molecule has 0 spiro atoms. The highest BCUT2D eigenvalue weighted by atomic mass is 16.4. The number of aliphatic carboxylic acids is 1. The van der Waals surface area contributed by atoms with Crippen molar-refractivity contribution in [3.8, 4) is 11.6 Å². The molecule has 0 aliphatic rings. The maximum atomic E-state index is 10.7. The molecule has 5 heteroatoms. The lowest BCUT2D eigenvalue weighted by molar-refractivity contribution is -0.136. The Morgan fingerprint density at radius 1 is 1.42 bits per heavy atom. The molecule has 0 aliphatic carbocycles. The molecule has 0 bridgehead atoms. The maximum Gasteiger partial charge on any atom is 0.307 e. The van der Waals surface area contributed by atoms with Crippen LogP contribution in [0.1, 0.15) is 5.56 Å². The van der Waals surface area contributed by atoms with Gasteiger partial charge >= 0.3 is 5.97 Å². The molecule has 96 valence electrons. The van der Waals surface area contributed by atoms with Gasteiger partial charge in [-0.15, -0.1) is 0 Å². The zero-order valence-corrected chi connectivity index (χ0v) is 10.3. The predicted molar refractivity (Wildman–Crippen MR) is 69.8 cm³/mol. The number of nitrogens with zero attached hydrogens (tertiary/aromatic N) is 2. The van der Waals surface area contributed by atoms with Crippen LogP contribution in [0.25, 0.3) is 22.7 Å². The van der Waals surface area contributed by atoms with Crippen molar-refractivity contribution in [2.45, 2.75) is 6.42 Å². The highest BCUT2D eigenvalue weighted by Gasteiger charge is 2.11. The number of aromatic nitrogens is 2. The van der Waals surface area contributed by atoms with E-state index in [1.807, 2.05) is 29.9 Å². The molecule has 0 unspecified atom stereocenters. The number of rotatable bonds is 3. The van der Waals surface area contributed by atoms with E-state index in [0.717, 1.165) is 11.2 Å². The number of benzene rings is 1. The number of aryl methyl sites for hydroxylation is 1. The second kappa shape index (κ2) is 4.28. The monoisotopic (exact) mass is 256 g/mol. The van der Waals surface area contributed by atoms with E-state index >= 15 is 0 Å². The number of carboxylic acids is 1. The SMILES string of the molecule is Cn1cccc1-c1nc2ccc(CC(=O)O)cc2o1. The summed E-state index contributed by atoms with van der Waals surface area (Å²) in [6.07, 6.45) is 1.90. The van der Waals surface area contributed by atoms with Gasteiger partial charge in [0.1, 0.15) is 11.2 Å². The van der Waals surface area contributed by atoms with Crippen LogP contribution in [-0.4, -0.2) is 20.6 Å². The normalized spacial score (nSPS) is 11.0. The third kappa shape index (κ3) is 2.10. The summed E-state index contributed by atoms with van der Waals surface area (Å²) in [6, 6.07) is 9.10. The molecule has 3 rings (SSSR count). The van der Waals surface area contributed by atoms with Gasteiger partial charge < -0.3 is 14.1 Å². The standard InChI is InChI=1S/C14H12N2O3/c1-16-6-2-3-11(16)14-15-10-5-4-9(8-13(17)18)7-12(10)19-14/h2-7H,8H2,1H3,(H,17,18). The fourth-order valence-corrected chi connectivity index (χ4v) is 2.05. The first-order valence-electron chi connectivity index (χ1n) is 5.86. The van der Waals surface area contributed by atoms with E-state index in [1.165, 1.54) is 0 Å². The Bertz CT molecular complexity index is 755. The largest absolute Gasteiger partial charge is 0.481 e. The summed E-state index contributed by atoms with van der Waals surface area (Å²) < 4.78 is 7.61. The van der Waals surface area contributed by atoms with Crippen LogP contribution in [0.15, 0.2) is 40.9 Å². The molecule has 0 aliphatic heterocycles. The minimum absolute atomic E-state index is 0.0177. The molecule has 5 nitrogen and oxygen atoms in total. The zero-order valence-electron chi connectivity index (χ0n) is 10.3. The van der Waals surface area contributed by atoms with E-state index < -0.39 is 5.97 Å². The molecule has 0 saturated heterocycles. The molecule has 1 aromatic carbocycles. The van der Waals surface area contributed by atoms with Gasteiger partial charge in [0.05, 0.1) is 6.42 Å². The molecule has 0 saturated carbocycles. The fraction of sp³-hybridized carbons (Fsp3) is 0.143. The number of oxazole rings is 1. The Hall–Kier alpha value is -2.56. The number of hydrogen-bond acceptors (Lipinski definition) is 3. The van der Waals surface area contributed by atoms with Gasteiger partial charge in [0, 0.05) is 13.2 Å². The first-order chi connectivity index (χ1) is 9.13. The highest BCUT2D eigenvalue weighted by Crippen LogP contribution is 2.25. The first kappa shape index (κ1) is 11.5. The van der Waals surface area contributed by atoms with E-state index in [-0.39, 0.29) is 6.42 Å². The van der Waals surface area contributed by atoms with Gasteiger partial charge in [-0.05, 0) is 29.8 Å². The van der Waals surface area contributed by atoms with Crippen LogP contribution in [0.4, 0.5) is 0 Å². The van der Waals surface area contributed by atoms with Crippen molar-refractivity contribution in [1.29, 1.82) is 0 Å². The molecule has 0 atom stereocenters. The van der Waals surface area contributed by atoms with Gasteiger partial charge in [0.2, 0.25) is 5.89 Å². The van der Waals surface area contributed by atoms with E-state index in [0.29, 0.717) is 17.0 Å². The van der Waals surface area contributed by atoms with Crippen molar-refractivity contribution in [2.24, 2.45) is 7.05 Å². The molecule has 2 aromatic heterocycles. The van der Waals surface area contributed by atoms with Crippen molar-refractivity contribution in [3.05, 3.63) is 42.1 Å². The predicted octanol–water partition coefficient (Wildman–Crippen LogP) is 2.46. The Morgan fingerprint density at radius 2 is 2.26 bits per heavy atom. The van der Waals surface area contributed by atoms with Crippen LogP contribution in [0.2, 0.25) is 0 Å². The van der Waals surface area contributed by atoms with Crippen LogP contribution in [0.3, 0.4) is 0 Å². The van der Waals surface area contributed by atoms with Crippen molar-refractivity contribution in [3.63, 3.8) is 0 Å². The summed E-state index contributed by atoms with van der Waals surface area (Å²) in [5.41, 5.74) is 2.92. The van der Waals surface area contributed by atoms with Crippen LogP contribution in [0.5, 0.6) is 0 Å². The fourth-order valence-electron chi connectivity index (χ4n) is 2.05. The number of carbonyl (C=O) groups is 1. The zero-order chi connectivity index (χ0) is 13.4. The van der Waals surface area contributed by atoms with E-state index in [1.54, 1.807) is 18.2 Å². The Labute approximate surface area is 109 Å². The Morgan fingerprint density at radius 3 is 2.95 bits per heavy atom. The summed E-state index contributed by atoms with van der Waals surface area (Å²) in [4.78, 5) is 15.1. The number of carboxylic acid groups (broad SMARTS) is 1. The van der Waals surface area contributed by atoms with Gasteiger partial charge in [-0.1, -0.05) is 6.07 Å². The van der Waals surface area contributed by atoms with Crippen LogP contribution in [0, 0.1) is 0 Å². The first-order valence-corrected chi connectivity index (χ1v) is 5.86. The van der Waals surface area contributed by atoms with Crippen molar-refractivity contribution >= 4 is 17.1 Å². The summed E-state index contributed by atoms with van der Waals surface area (Å²) in [5.74, 6) is -0.323. The lowest BCUT2D eigenvalue weighted by atomic mass is 10.1. The summed E-state index contributed by atoms with van der Waals surface area (Å²) in [5, 5.41) is 8.78. The van der Waals surface area contributed by atoms with Gasteiger partial charge in [0.15, 0.2) is 5.58 Å². The third-order valence-corrected chi connectivity index (χ3v) is 2.97. The minimum atomic E-state index is -0.860. The average molecular weight is 256 g/mol. The topological polar surface area (TPSA) is 68.3 Å². The van der Waals surface area contributed by atoms with E-state index in [9.17, 15) is 4.79 Å². The highest BCUT2D eigenvalue weighted by molar-refractivity contribution is 5.78. The lowest BCUT2D eigenvalue weighted by Crippen LogP contribution is -1.99. The maximum absolute atomic E-state index is 10.7. The molecule has 0 radical (unpaired) electrons. The molecular formula is C14H12N2O3. The molecule has 0 amide bonds. The molecule has 2 heterocycles. The molecular weight excluding hydrogens is 244 g/mol. The van der Waals surface area contributed by atoms with E-state index in [4.69, 9.17) is 9.52 Å². The van der Waals surface area contributed by atoms with Gasteiger partial charge in [-0.3, -0.25) is 4.79 Å². The number of fused-ring (bicyclic) bond motifs is 1. The second-order valence-electron chi connectivity index (χ2n) is 4.40. The molecule has 19 heavy (non-hydrogen) atoms. The average Bonchev–Trinajstić information content (AvgIpc) is 2.93. The van der Waals surface area contributed by atoms with Gasteiger partial charge in [-0.2, -0.15) is 0 Å². The quantitative estimate of drug-likeness (QED) is 0.781. The van der Waals surface area contributed by atoms with Crippen LogP contribution in [-0.2, 0) is 18.3 Å². The van der Waals surface area contributed by atoms with Crippen LogP contribution < -0.4 is 0 Å². The summed E-state index contributed by atoms with van der Waals surface area (Å²) in [6.45, 7) is 0. The van der Waals surface area contributed by atoms with Gasteiger partial charge in [-0.25, -0.2) is 4.98 Å². The van der Waals surface area contributed by atoms with Gasteiger partial charge in [0.25, 0.3) is 0 Å². The molecule has 1 N–H and O–H groups in total. The number of hydrogen-bond donors (Lipinski definition) is 1. The van der Waals surface area contributed by atoms with Crippen molar-refractivity contribution in [1.82, 2.24) is 9.55 Å². The van der Waals surface area contributed by atoms with Crippen molar-refractivity contribution < 1.29 is 14.3 Å². The smallest absolute Gasteiger partial charge is 0.307 e. The third-order valence-electron chi connectivity index (χ3n) is 2.97. The lowest BCUT2D eigenvalue weighted by Gasteiger charge is -1.96. The summed E-state index contributed by atoms with van der Waals surface area (Å²) >= 11 is 0. The van der Waals surface area contributed by atoms with Crippen LogP contribution >= 0.6 is 0 Å². The summed E-state index contributed by atoms with van der Waals surface area (Å²) in [7, 11) is 1.92. The van der Waals surface area contributed by atoms with E-state index in [2.05, 4.69) is 4.98 Å². The molecule has 3 aromatic rings. The van der Waals surface area contributed by atoms with Crippen molar-refractivity contribution in [2.75, 3.05) is 0 Å². The minimum Gasteiger partial charge on any atom is -0.481 e. The Balaban J connectivity index is 2.06.